The zero-order chi connectivity index (χ0) is 22.5. The maximum absolute atomic E-state index is 12.9. The molecule has 0 amide bonds. The lowest BCUT2D eigenvalue weighted by Crippen LogP contribution is -2.23. The molecule has 32 heavy (non-hydrogen) atoms. The van der Waals surface area contributed by atoms with Crippen molar-refractivity contribution in [2.45, 2.75) is 32.6 Å². The average molecular weight is 470 g/mol. The van der Waals surface area contributed by atoms with Crippen LogP contribution in [0, 0.1) is 0 Å². The van der Waals surface area contributed by atoms with E-state index in [-0.39, 0.29) is 5.56 Å². The monoisotopic (exact) mass is 469 g/mol. The van der Waals surface area contributed by atoms with Crippen LogP contribution in [-0.2, 0) is 0 Å². The first-order valence-electron chi connectivity index (χ1n) is 10.6. The summed E-state index contributed by atoms with van der Waals surface area (Å²) in [4.78, 5) is 17.9. The van der Waals surface area contributed by atoms with E-state index in [2.05, 4.69) is 17.0 Å². The van der Waals surface area contributed by atoms with Crippen LogP contribution in [0.5, 0.6) is 11.5 Å². The van der Waals surface area contributed by atoms with Gasteiger partial charge in [0.2, 0.25) is 4.96 Å². The highest BCUT2D eigenvalue weighted by Crippen LogP contribution is 2.29. The Labute approximate surface area is 195 Å². The number of nitrogens with zero attached hydrogens (tertiary/aromatic N) is 3. The molecule has 0 fully saturated rings. The van der Waals surface area contributed by atoms with Crippen molar-refractivity contribution in [3.8, 4) is 22.9 Å². The Morgan fingerprint density at radius 3 is 2.72 bits per heavy atom. The molecule has 0 atom stereocenters. The summed E-state index contributed by atoms with van der Waals surface area (Å²) in [6.07, 6.45) is 6.39. The first-order chi connectivity index (χ1) is 15.6. The van der Waals surface area contributed by atoms with Gasteiger partial charge in [0.25, 0.3) is 5.56 Å². The smallest absolute Gasteiger partial charge is 0.291 e. The van der Waals surface area contributed by atoms with Gasteiger partial charge < -0.3 is 9.47 Å². The minimum Gasteiger partial charge on any atom is -0.493 e. The van der Waals surface area contributed by atoms with Gasteiger partial charge in [-0.2, -0.15) is 9.50 Å². The number of unbranched alkanes of at least 4 members (excludes halogenated alkanes) is 3. The van der Waals surface area contributed by atoms with Crippen molar-refractivity contribution in [2.24, 2.45) is 0 Å². The SMILES string of the molecule is CCCCCCOc1ccc(/C=c2/sc3nc(-c4ccccc4Cl)nn3c2=O)cc1OC. The summed E-state index contributed by atoms with van der Waals surface area (Å²) in [5.41, 5.74) is 1.32. The lowest BCUT2D eigenvalue weighted by atomic mass is 10.2. The molecule has 0 aliphatic carbocycles. The molecule has 4 aromatic rings. The second-order valence-corrected chi connectivity index (χ2v) is 8.76. The van der Waals surface area contributed by atoms with E-state index in [0.717, 1.165) is 18.4 Å². The van der Waals surface area contributed by atoms with E-state index in [1.807, 2.05) is 42.5 Å². The second kappa shape index (κ2) is 10.1. The van der Waals surface area contributed by atoms with Gasteiger partial charge in [0, 0.05) is 5.56 Å². The van der Waals surface area contributed by atoms with Crippen molar-refractivity contribution < 1.29 is 9.47 Å². The maximum Gasteiger partial charge on any atom is 0.291 e. The highest BCUT2D eigenvalue weighted by Gasteiger charge is 2.14. The summed E-state index contributed by atoms with van der Waals surface area (Å²) >= 11 is 7.52. The lowest BCUT2D eigenvalue weighted by Gasteiger charge is -2.11. The summed E-state index contributed by atoms with van der Waals surface area (Å²) in [5, 5.41) is 4.91. The Morgan fingerprint density at radius 1 is 1.12 bits per heavy atom. The van der Waals surface area contributed by atoms with E-state index in [1.165, 1.54) is 28.7 Å². The van der Waals surface area contributed by atoms with Gasteiger partial charge in [-0.15, -0.1) is 5.10 Å². The number of thiazole rings is 1. The van der Waals surface area contributed by atoms with Crippen molar-refractivity contribution in [1.82, 2.24) is 14.6 Å². The Morgan fingerprint density at radius 2 is 1.97 bits per heavy atom. The van der Waals surface area contributed by atoms with E-state index in [0.29, 0.717) is 44.0 Å². The zero-order valence-electron chi connectivity index (χ0n) is 18.0. The normalized spacial score (nSPS) is 11.9. The van der Waals surface area contributed by atoms with Crippen LogP contribution in [0.1, 0.15) is 38.2 Å². The fourth-order valence-electron chi connectivity index (χ4n) is 3.35. The molecule has 8 heteroatoms. The highest BCUT2D eigenvalue weighted by atomic mass is 35.5. The van der Waals surface area contributed by atoms with Crippen LogP contribution in [0.2, 0.25) is 5.02 Å². The Balaban J connectivity index is 1.58. The van der Waals surface area contributed by atoms with Gasteiger partial charge in [-0.05, 0) is 42.3 Å². The molecule has 0 bridgehead atoms. The van der Waals surface area contributed by atoms with Crippen LogP contribution in [0.25, 0.3) is 22.4 Å². The van der Waals surface area contributed by atoms with Crippen LogP contribution in [0.4, 0.5) is 0 Å². The first kappa shape index (κ1) is 22.3. The first-order valence-corrected chi connectivity index (χ1v) is 11.8. The molecule has 0 saturated heterocycles. The number of methoxy groups -OCH3 is 1. The van der Waals surface area contributed by atoms with Gasteiger partial charge in [-0.25, -0.2) is 0 Å². The molecule has 2 aromatic heterocycles. The average Bonchev–Trinajstić information content (AvgIpc) is 3.33. The van der Waals surface area contributed by atoms with E-state index in [4.69, 9.17) is 21.1 Å². The maximum atomic E-state index is 12.9. The fraction of sp³-hybridized carbons (Fsp3) is 0.292. The number of fused-ring (bicyclic) bond motifs is 1. The number of halogens is 1. The fourth-order valence-corrected chi connectivity index (χ4v) is 4.47. The van der Waals surface area contributed by atoms with Gasteiger partial charge in [0.15, 0.2) is 17.3 Å². The second-order valence-electron chi connectivity index (χ2n) is 7.34. The van der Waals surface area contributed by atoms with Gasteiger partial charge >= 0.3 is 0 Å². The van der Waals surface area contributed by atoms with E-state index >= 15 is 0 Å². The van der Waals surface area contributed by atoms with E-state index in [1.54, 1.807) is 13.2 Å². The van der Waals surface area contributed by atoms with Crippen molar-refractivity contribution in [3.63, 3.8) is 0 Å². The van der Waals surface area contributed by atoms with Crippen molar-refractivity contribution in [3.05, 3.63) is 67.9 Å². The largest absolute Gasteiger partial charge is 0.493 e. The van der Waals surface area contributed by atoms with Gasteiger partial charge in [0.05, 0.1) is 23.3 Å². The molecule has 0 aliphatic heterocycles. The third kappa shape index (κ3) is 4.79. The van der Waals surface area contributed by atoms with Crippen molar-refractivity contribution >= 4 is 34.0 Å². The van der Waals surface area contributed by atoms with Crippen LogP contribution < -0.4 is 19.6 Å². The number of hydrogen-bond donors (Lipinski definition) is 0. The van der Waals surface area contributed by atoms with E-state index in [9.17, 15) is 4.79 Å². The van der Waals surface area contributed by atoms with Crippen molar-refractivity contribution in [2.75, 3.05) is 13.7 Å². The molecule has 0 aliphatic rings. The summed E-state index contributed by atoms with van der Waals surface area (Å²) < 4.78 is 13.2. The Kier molecular flexibility index (Phi) is 7.07. The Bertz CT molecular complexity index is 1330. The summed E-state index contributed by atoms with van der Waals surface area (Å²) in [6.45, 7) is 2.84. The minimum atomic E-state index is -0.217. The molecule has 0 spiro atoms. The predicted octanol–water partition coefficient (Wildman–Crippen LogP) is 4.99. The minimum absolute atomic E-state index is 0.217. The molecule has 0 radical (unpaired) electrons. The molecule has 6 nitrogen and oxygen atoms in total. The van der Waals surface area contributed by atoms with Gasteiger partial charge in [-0.1, -0.05) is 67.3 Å². The molecule has 0 N–H and O–H groups in total. The Hall–Kier alpha value is -2.90. The molecule has 0 unspecified atom stereocenters. The number of hydrogen-bond acceptors (Lipinski definition) is 6. The molecular formula is C24H24ClN3O3S. The highest BCUT2D eigenvalue weighted by molar-refractivity contribution is 7.15. The molecule has 4 rings (SSSR count). The molecular weight excluding hydrogens is 446 g/mol. The zero-order valence-corrected chi connectivity index (χ0v) is 19.6. The topological polar surface area (TPSA) is 65.7 Å². The number of ether oxygens (including phenoxy) is 2. The number of aromatic nitrogens is 3. The van der Waals surface area contributed by atoms with Crippen LogP contribution in [-0.4, -0.2) is 28.3 Å². The standard InChI is InChI=1S/C24H24ClN3O3S/c1-3-4-5-8-13-31-19-12-11-16(14-20(19)30-2)15-21-23(29)28-24(32-21)26-22(27-28)17-9-6-7-10-18(17)25/h6-7,9-12,14-15H,3-5,8,13H2,1-2H3/b21-15+. The van der Waals surface area contributed by atoms with Crippen LogP contribution in [0.3, 0.4) is 0 Å². The van der Waals surface area contributed by atoms with Crippen molar-refractivity contribution in [1.29, 1.82) is 0 Å². The number of rotatable bonds is 9. The van der Waals surface area contributed by atoms with Gasteiger partial charge in [-0.3, -0.25) is 4.79 Å². The lowest BCUT2D eigenvalue weighted by molar-refractivity contribution is 0.285. The van der Waals surface area contributed by atoms with E-state index < -0.39 is 0 Å². The third-order valence-electron chi connectivity index (χ3n) is 5.04. The molecule has 0 saturated carbocycles. The summed E-state index contributed by atoms with van der Waals surface area (Å²) in [6, 6.07) is 13.0. The molecule has 2 aromatic carbocycles. The predicted molar refractivity (Wildman–Crippen MR) is 129 cm³/mol. The molecule has 2 heterocycles. The van der Waals surface area contributed by atoms with Gasteiger partial charge in [0.1, 0.15) is 0 Å². The van der Waals surface area contributed by atoms with Crippen LogP contribution >= 0.6 is 22.9 Å². The summed E-state index contributed by atoms with van der Waals surface area (Å²) in [7, 11) is 1.61. The number of benzene rings is 2. The van der Waals surface area contributed by atoms with Crippen LogP contribution in [0.15, 0.2) is 47.3 Å². The third-order valence-corrected chi connectivity index (χ3v) is 6.33. The summed E-state index contributed by atoms with van der Waals surface area (Å²) in [5.74, 6) is 1.78. The molecule has 166 valence electrons. The quantitative estimate of drug-likeness (QED) is 0.323.